The average molecular weight is 555 g/mol. The molecule has 3 rings (SSSR count). The highest BCUT2D eigenvalue weighted by atomic mass is 19.4. The van der Waals surface area contributed by atoms with Crippen molar-refractivity contribution in [2.75, 3.05) is 39.6 Å². The van der Waals surface area contributed by atoms with Crippen LogP contribution < -0.4 is 10.6 Å². The molecule has 0 aliphatic heterocycles. The highest BCUT2D eigenvalue weighted by Crippen LogP contribution is 2.31. The molecule has 9 nitrogen and oxygen atoms in total. The van der Waals surface area contributed by atoms with E-state index in [2.05, 4.69) is 21.8 Å². The van der Waals surface area contributed by atoms with Gasteiger partial charge in [0.25, 0.3) is 5.91 Å². The second kappa shape index (κ2) is 12.9. The average Bonchev–Trinajstić information content (AvgIpc) is 3.39. The standard InChI is InChI=1S/C28H29F3N6O3/c1-5-40-27(39)24(26(38)35-21-8-6-7-20(16-21)28(29,30)31)25(33-2)23-11-13-34-37(23)22-10-9-18(17-32)15-19(22)12-14-36(3)4/h6-11,13,15-16,33H,5,12,14H2,1-4H3,(H,35,38)/b25-24+. The Hall–Kier alpha value is -4.63. The van der Waals surface area contributed by atoms with Crippen LogP contribution in [0.1, 0.15) is 29.3 Å². The lowest BCUT2D eigenvalue weighted by atomic mass is 10.0. The van der Waals surface area contributed by atoms with Gasteiger partial charge >= 0.3 is 12.1 Å². The molecule has 2 aromatic carbocycles. The van der Waals surface area contributed by atoms with Crippen LogP contribution in [0.15, 0.2) is 60.3 Å². The minimum atomic E-state index is -4.62. The minimum absolute atomic E-state index is 0.0419. The van der Waals surface area contributed by atoms with Crippen molar-refractivity contribution < 1.29 is 27.5 Å². The van der Waals surface area contributed by atoms with E-state index in [-0.39, 0.29) is 18.0 Å². The van der Waals surface area contributed by atoms with E-state index in [1.807, 2.05) is 19.0 Å². The Balaban J connectivity index is 2.15. The monoisotopic (exact) mass is 554 g/mol. The number of nitrogens with one attached hydrogen (secondary N) is 2. The summed E-state index contributed by atoms with van der Waals surface area (Å²) < 4.78 is 46.3. The van der Waals surface area contributed by atoms with Gasteiger partial charge in [-0.25, -0.2) is 9.48 Å². The van der Waals surface area contributed by atoms with Crippen molar-refractivity contribution in [1.29, 1.82) is 5.26 Å². The van der Waals surface area contributed by atoms with E-state index < -0.39 is 29.2 Å². The fourth-order valence-corrected chi connectivity index (χ4v) is 3.95. The number of nitrogens with zero attached hydrogens (tertiary/aromatic N) is 4. The number of hydrogen-bond acceptors (Lipinski definition) is 7. The van der Waals surface area contributed by atoms with Crippen molar-refractivity contribution in [2.24, 2.45) is 0 Å². The number of esters is 1. The number of aromatic nitrogens is 2. The second-order valence-corrected chi connectivity index (χ2v) is 8.89. The molecule has 0 saturated heterocycles. The summed E-state index contributed by atoms with van der Waals surface area (Å²) in [5, 5.41) is 19.1. The summed E-state index contributed by atoms with van der Waals surface area (Å²) in [4.78, 5) is 28.4. The lowest BCUT2D eigenvalue weighted by Gasteiger charge is -2.18. The van der Waals surface area contributed by atoms with Gasteiger partial charge in [0, 0.05) is 19.3 Å². The normalized spacial score (nSPS) is 12.0. The summed E-state index contributed by atoms with van der Waals surface area (Å²) in [6.45, 7) is 2.21. The van der Waals surface area contributed by atoms with Crippen LogP contribution >= 0.6 is 0 Å². The number of nitriles is 1. The molecule has 1 aromatic heterocycles. The number of ether oxygens (including phenoxy) is 1. The topological polar surface area (TPSA) is 112 Å². The number of amides is 1. The number of halogens is 3. The van der Waals surface area contributed by atoms with E-state index in [4.69, 9.17) is 4.74 Å². The maximum absolute atomic E-state index is 13.4. The van der Waals surface area contributed by atoms with E-state index in [1.165, 1.54) is 24.0 Å². The summed E-state index contributed by atoms with van der Waals surface area (Å²) in [7, 11) is 5.34. The molecule has 0 unspecified atom stereocenters. The molecule has 0 saturated carbocycles. The van der Waals surface area contributed by atoms with Crippen molar-refractivity contribution >= 4 is 23.3 Å². The number of likely N-dealkylation sites (N-methyl/N-ethyl adjacent to an activating group) is 1. The van der Waals surface area contributed by atoms with Gasteiger partial charge in [-0.2, -0.15) is 23.5 Å². The molecule has 0 fully saturated rings. The zero-order valence-electron chi connectivity index (χ0n) is 22.5. The highest BCUT2D eigenvalue weighted by molar-refractivity contribution is 6.25. The van der Waals surface area contributed by atoms with E-state index in [0.29, 0.717) is 29.9 Å². The van der Waals surface area contributed by atoms with Gasteiger partial charge in [-0.1, -0.05) is 6.07 Å². The summed E-state index contributed by atoms with van der Waals surface area (Å²) in [6.07, 6.45) is -2.56. The first-order valence-electron chi connectivity index (χ1n) is 12.3. The van der Waals surface area contributed by atoms with Crippen molar-refractivity contribution in [3.8, 4) is 11.8 Å². The number of alkyl halides is 3. The van der Waals surface area contributed by atoms with Gasteiger partial charge in [0.1, 0.15) is 5.57 Å². The number of benzene rings is 2. The first kappa shape index (κ1) is 29.9. The summed E-state index contributed by atoms with van der Waals surface area (Å²) in [6, 6.07) is 12.9. The number of carbonyl (C=O) groups is 2. The summed E-state index contributed by atoms with van der Waals surface area (Å²) in [5.41, 5.74) is 0.696. The van der Waals surface area contributed by atoms with Crippen LogP contribution in [-0.2, 0) is 26.9 Å². The Kier molecular flexibility index (Phi) is 9.68. The fourth-order valence-electron chi connectivity index (χ4n) is 3.95. The smallest absolute Gasteiger partial charge is 0.416 e. The van der Waals surface area contributed by atoms with Gasteiger partial charge in [-0.3, -0.25) is 4.79 Å². The van der Waals surface area contributed by atoms with Crippen LogP contribution in [0.2, 0.25) is 0 Å². The zero-order chi connectivity index (χ0) is 29.4. The van der Waals surface area contributed by atoms with Gasteiger partial charge in [0.2, 0.25) is 0 Å². The molecule has 0 atom stereocenters. The fraction of sp³-hybridized carbons (Fsp3) is 0.286. The molecule has 0 aliphatic carbocycles. The number of rotatable bonds is 10. The van der Waals surface area contributed by atoms with Gasteiger partial charge in [-0.05, 0) is 75.5 Å². The predicted molar refractivity (Wildman–Crippen MR) is 143 cm³/mol. The quantitative estimate of drug-likeness (QED) is 0.169. The van der Waals surface area contributed by atoms with Crippen molar-refractivity contribution in [3.63, 3.8) is 0 Å². The van der Waals surface area contributed by atoms with Gasteiger partial charge < -0.3 is 20.3 Å². The van der Waals surface area contributed by atoms with Gasteiger partial charge in [0.15, 0.2) is 0 Å². The third kappa shape index (κ3) is 7.06. The van der Waals surface area contributed by atoms with Crippen LogP contribution in [0.5, 0.6) is 0 Å². The molecule has 2 N–H and O–H groups in total. The first-order chi connectivity index (χ1) is 19.0. The molecular weight excluding hydrogens is 525 g/mol. The SMILES string of the molecule is CCOC(=O)/C(C(=O)Nc1cccc(C(F)(F)F)c1)=C(/NC)c1ccnn1-c1ccc(C#N)cc1CCN(C)C. The maximum Gasteiger partial charge on any atom is 0.416 e. The van der Waals surface area contributed by atoms with E-state index in [9.17, 15) is 28.0 Å². The Labute approximate surface area is 229 Å². The van der Waals surface area contributed by atoms with Crippen LogP contribution in [0, 0.1) is 11.3 Å². The maximum atomic E-state index is 13.4. The van der Waals surface area contributed by atoms with Gasteiger partial charge in [-0.15, -0.1) is 0 Å². The molecule has 40 heavy (non-hydrogen) atoms. The minimum Gasteiger partial charge on any atom is -0.462 e. The Morgan fingerprint density at radius 2 is 1.90 bits per heavy atom. The molecule has 3 aromatic rings. The summed E-state index contributed by atoms with van der Waals surface area (Å²) in [5.74, 6) is -1.95. The van der Waals surface area contributed by atoms with Crippen molar-refractivity contribution in [1.82, 2.24) is 20.0 Å². The Bertz CT molecular complexity index is 1450. The van der Waals surface area contributed by atoms with Crippen LogP contribution in [-0.4, -0.2) is 60.9 Å². The number of anilines is 1. The second-order valence-electron chi connectivity index (χ2n) is 8.89. The van der Waals surface area contributed by atoms with Crippen LogP contribution in [0.3, 0.4) is 0 Å². The van der Waals surface area contributed by atoms with E-state index >= 15 is 0 Å². The third-order valence-corrected chi connectivity index (χ3v) is 5.82. The molecular formula is C28H29F3N6O3. The lowest BCUT2D eigenvalue weighted by molar-refractivity contribution is -0.140. The molecule has 1 amide bonds. The molecule has 0 aliphatic rings. The van der Waals surface area contributed by atoms with Crippen LogP contribution in [0.4, 0.5) is 18.9 Å². The predicted octanol–water partition coefficient (Wildman–Crippen LogP) is 4.00. The molecule has 0 bridgehead atoms. The lowest BCUT2D eigenvalue weighted by Crippen LogP contribution is -2.28. The highest BCUT2D eigenvalue weighted by Gasteiger charge is 2.31. The Morgan fingerprint density at radius 3 is 2.52 bits per heavy atom. The summed E-state index contributed by atoms with van der Waals surface area (Å²) >= 11 is 0. The third-order valence-electron chi connectivity index (χ3n) is 5.82. The first-order valence-corrected chi connectivity index (χ1v) is 12.3. The Morgan fingerprint density at radius 1 is 1.15 bits per heavy atom. The number of carbonyl (C=O) groups excluding carboxylic acids is 2. The van der Waals surface area contributed by atoms with E-state index in [0.717, 1.165) is 23.8 Å². The molecule has 210 valence electrons. The molecule has 1 heterocycles. The molecule has 0 spiro atoms. The largest absolute Gasteiger partial charge is 0.462 e. The molecule has 0 radical (unpaired) electrons. The van der Waals surface area contributed by atoms with Crippen molar-refractivity contribution in [2.45, 2.75) is 19.5 Å². The van der Waals surface area contributed by atoms with Crippen molar-refractivity contribution in [3.05, 3.63) is 82.7 Å². The zero-order valence-corrected chi connectivity index (χ0v) is 22.5. The van der Waals surface area contributed by atoms with Gasteiger partial charge in [0.05, 0.1) is 47.1 Å². The number of hydrogen-bond donors (Lipinski definition) is 2. The van der Waals surface area contributed by atoms with E-state index in [1.54, 1.807) is 31.2 Å². The van der Waals surface area contributed by atoms with Crippen LogP contribution in [0.25, 0.3) is 11.4 Å². The molecule has 12 heteroatoms.